The molecule has 0 aliphatic carbocycles. The van der Waals surface area contributed by atoms with Crippen LogP contribution in [0.4, 0.5) is 5.69 Å². The maximum atomic E-state index is 6.35. The Hall–Kier alpha value is -2.75. The van der Waals surface area contributed by atoms with Crippen LogP contribution in [0.5, 0.6) is 11.5 Å². The van der Waals surface area contributed by atoms with Crippen molar-refractivity contribution in [2.45, 2.75) is 25.8 Å². The predicted molar refractivity (Wildman–Crippen MR) is 96.7 cm³/mol. The molecule has 0 saturated carbocycles. The zero-order valence-corrected chi connectivity index (χ0v) is 14.0. The first kappa shape index (κ1) is 14.8. The smallest absolute Gasteiger partial charge is 0.140 e. The molecule has 0 spiro atoms. The quantitative estimate of drug-likeness (QED) is 0.764. The minimum Gasteiger partial charge on any atom is -0.456 e. The van der Waals surface area contributed by atoms with Gasteiger partial charge in [0.25, 0.3) is 0 Å². The summed E-state index contributed by atoms with van der Waals surface area (Å²) in [6, 6.07) is 14.9. The van der Waals surface area contributed by atoms with Gasteiger partial charge in [-0.1, -0.05) is 18.2 Å². The summed E-state index contributed by atoms with van der Waals surface area (Å²) in [7, 11) is 2.16. The number of anilines is 1. The molecule has 0 amide bonds. The SMILES string of the molecule is CC1CCc2c(ccc(-c3cn[nH]c3)c2Oc2ccccc2)N1C. The maximum Gasteiger partial charge on any atom is 0.140 e. The van der Waals surface area contributed by atoms with E-state index >= 15 is 0 Å². The zero-order chi connectivity index (χ0) is 16.5. The van der Waals surface area contributed by atoms with Crippen molar-refractivity contribution >= 4 is 5.69 Å². The predicted octanol–water partition coefficient (Wildman–Crippen LogP) is 4.64. The Morgan fingerprint density at radius 3 is 2.75 bits per heavy atom. The average Bonchev–Trinajstić information content (AvgIpc) is 3.14. The van der Waals surface area contributed by atoms with E-state index in [1.807, 2.05) is 42.7 Å². The maximum absolute atomic E-state index is 6.35. The number of rotatable bonds is 3. The monoisotopic (exact) mass is 319 g/mol. The lowest BCUT2D eigenvalue weighted by atomic mass is 9.93. The molecule has 1 unspecified atom stereocenters. The van der Waals surface area contributed by atoms with Gasteiger partial charge in [0.1, 0.15) is 11.5 Å². The third kappa shape index (κ3) is 2.54. The van der Waals surface area contributed by atoms with E-state index in [-0.39, 0.29) is 0 Å². The van der Waals surface area contributed by atoms with E-state index in [1.54, 1.807) is 0 Å². The van der Waals surface area contributed by atoms with Crippen LogP contribution in [0.3, 0.4) is 0 Å². The number of fused-ring (bicyclic) bond motifs is 1. The van der Waals surface area contributed by atoms with Gasteiger partial charge in [-0.3, -0.25) is 5.10 Å². The lowest BCUT2D eigenvalue weighted by Crippen LogP contribution is -2.33. The number of aromatic amines is 1. The molecule has 1 aliphatic heterocycles. The summed E-state index contributed by atoms with van der Waals surface area (Å²) in [5.74, 6) is 1.80. The molecule has 0 saturated heterocycles. The molecule has 0 bridgehead atoms. The Labute approximate surface area is 142 Å². The van der Waals surface area contributed by atoms with Crippen LogP contribution in [0.2, 0.25) is 0 Å². The van der Waals surface area contributed by atoms with Crippen LogP contribution in [0.25, 0.3) is 11.1 Å². The summed E-state index contributed by atoms with van der Waals surface area (Å²) in [6.45, 7) is 2.27. The van der Waals surface area contributed by atoms with Crippen molar-refractivity contribution in [1.82, 2.24) is 10.2 Å². The van der Waals surface area contributed by atoms with Gasteiger partial charge in [0.15, 0.2) is 0 Å². The second-order valence-corrected chi connectivity index (χ2v) is 6.34. The fourth-order valence-corrected chi connectivity index (χ4v) is 3.32. The van der Waals surface area contributed by atoms with E-state index in [9.17, 15) is 0 Å². The molecule has 0 fully saturated rings. The largest absolute Gasteiger partial charge is 0.456 e. The van der Waals surface area contributed by atoms with Crippen molar-refractivity contribution in [2.75, 3.05) is 11.9 Å². The standard InChI is InChI=1S/C20H21N3O/c1-14-8-9-18-19(23(14)2)11-10-17(15-12-21-22-13-15)20(18)24-16-6-4-3-5-7-16/h3-7,10-14H,8-9H2,1-2H3,(H,21,22). The summed E-state index contributed by atoms with van der Waals surface area (Å²) < 4.78 is 6.35. The first-order valence-corrected chi connectivity index (χ1v) is 8.35. The third-order valence-electron chi connectivity index (χ3n) is 4.86. The van der Waals surface area contributed by atoms with Crippen molar-refractivity contribution in [1.29, 1.82) is 0 Å². The molecule has 1 aromatic heterocycles. The van der Waals surface area contributed by atoms with E-state index in [0.717, 1.165) is 35.5 Å². The molecule has 1 N–H and O–H groups in total. The molecular formula is C20H21N3O. The molecule has 0 radical (unpaired) electrons. The van der Waals surface area contributed by atoms with Gasteiger partial charge in [-0.25, -0.2) is 0 Å². The molecule has 1 atom stereocenters. The zero-order valence-electron chi connectivity index (χ0n) is 14.0. The third-order valence-corrected chi connectivity index (χ3v) is 4.86. The van der Waals surface area contributed by atoms with Crippen LogP contribution >= 0.6 is 0 Å². The number of H-pyrrole nitrogens is 1. The van der Waals surface area contributed by atoms with E-state index in [4.69, 9.17) is 4.74 Å². The van der Waals surface area contributed by atoms with Gasteiger partial charge < -0.3 is 9.64 Å². The molecule has 2 aromatic carbocycles. The Kier molecular flexibility index (Phi) is 3.73. The van der Waals surface area contributed by atoms with Crippen LogP contribution in [-0.2, 0) is 6.42 Å². The highest BCUT2D eigenvalue weighted by Gasteiger charge is 2.25. The average molecular weight is 319 g/mol. The Morgan fingerprint density at radius 1 is 1.17 bits per heavy atom. The van der Waals surface area contributed by atoms with E-state index < -0.39 is 0 Å². The van der Waals surface area contributed by atoms with Gasteiger partial charge in [0.05, 0.1) is 6.20 Å². The number of para-hydroxylation sites is 1. The van der Waals surface area contributed by atoms with E-state index in [1.165, 1.54) is 11.3 Å². The van der Waals surface area contributed by atoms with Crippen LogP contribution in [0, 0.1) is 0 Å². The number of benzene rings is 2. The minimum absolute atomic E-state index is 0.543. The van der Waals surface area contributed by atoms with Crippen molar-refractivity contribution in [3.05, 3.63) is 60.4 Å². The molecular weight excluding hydrogens is 298 g/mol. The number of ether oxygens (including phenoxy) is 1. The Bertz CT molecular complexity index is 828. The van der Waals surface area contributed by atoms with Gasteiger partial charge in [-0.15, -0.1) is 0 Å². The van der Waals surface area contributed by atoms with Crippen molar-refractivity contribution in [3.63, 3.8) is 0 Å². The molecule has 1 aliphatic rings. The molecule has 4 rings (SSSR count). The molecule has 3 aromatic rings. The van der Waals surface area contributed by atoms with Gasteiger partial charge in [0.2, 0.25) is 0 Å². The Balaban J connectivity index is 1.87. The highest BCUT2D eigenvalue weighted by molar-refractivity contribution is 5.77. The van der Waals surface area contributed by atoms with Crippen LogP contribution in [0.1, 0.15) is 18.9 Å². The van der Waals surface area contributed by atoms with E-state index in [0.29, 0.717) is 6.04 Å². The lowest BCUT2D eigenvalue weighted by Gasteiger charge is -2.35. The molecule has 2 heterocycles. The van der Waals surface area contributed by atoms with Crippen LogP contribution in [-0.4, -0.2) is 23.3 Å². The second kappa shape index (κ2) is 6.04. The van der Waals surface area contributed by atoms with E-state index in [2.05, 4.69) is 41.2 Å². The number of nitrogens with zero attached hydrogens (tertiary/aromatic N) is 2. The first-order chi connectivity index (χ1) is 11.7. The van der Waals surface area contributed by atoms with Gasteiger partial charge in [-0.05, 0) is 44.0 Å². The summed E-state index contributed by atoms with van der Waals surface area (Å²) in [6.07, 6.45) is 5.90. The number of aromatic nitrogens is 2. The van der Waals surface area contributed by atoms with Gasteiger partial charge >= 0.3 is 0 Å². The fourth-order valence-electron chi connectivity index (χ4n) is 3.32. The second-order valence-electron chi connectivity index (χ2n) is 6.34. The summed E-state index contributed by atoms with van der Waals surface area (Å²) >= 11 is 0. The topological polar surface area (TPSA) is 41.1 Å². The minimum atomic E-state index is 0.543. The highest BCUT2D eigenvalue weighted by atomic mass is 16.5. The number of nitrogens with one attached hydrogen (secondary N) is 1. The molecule has 4 nitrogen and oxygen atoms in total. The molecule has 122 valence electrons. The van der Waals surface area contributed by atoms with Crippen molar-refractivity contribution in [3.8, 4) is 22.6 Å². The van der Waals surface area contributed by atoms with Crippen molar-refractivity contribution < 1.29 is 4.74 Å². The summed E-state index contributed by atoms with van der Waals surface area (Å²) in [5, 5.41) is 6.99. The normalized spacial score (nSPS) is 16.8. The lowest BCUT2D eigenvalue weighted by molar-refractivity contribution is 0.470. The number of hydrogen-bond acceptors (Lipinski definition) is 3. The molecule has 4 heteroatoms. The highest BCUT2D eigenvalue weighted by Crippen LogP contribution is 2.43. The van der Waals surface area contributed by atoms with Crippen LogP contribution in [0.15, 0.2) is 54.9 Å². The molecule has 24 heavy (non-hydrogen) atoms. The van der Waals surface area contributed by atoms with Gasteiger partial charge in [0, 0.05) is 41.7 Å². The van der Waals surface area contributed by atoms with Gasteiger partial charge in [-0.2, -0.15) is 5.10 Å². The fraction of sp³-hybridized carbons (Fsp3) is 0.250. The summed E-state index contributed by atoms with van der Waals surface area (Å²) in [5.41, 5.74) is 4.66. The van der Waals surface area contributed by atoms with Crippen molar-refractivity contribution in [2.24, 2.45) is 0 Å². The first-order valence-electron chi connectivity index (χ1n) is 8.35. The number of hydrogen-bond donors (Lipinski definition) is 1. The Morgan fingerprint density at radius 2 is 2.00 bits per heavy atom. The van der Waals surface area contributed by atoms with Crippen LogP contribution < -0.4 is 9.64 Å². The summed E-state index contributed by atoms with van der Waals surface area (Å²) in [4.78, 5) is 2.34.